The summed E-state index contributed by atoms with van der Waals surface area (Å²) in [6.07, 6.45) is 1.44. The molecule has 0 unspecified atom stereocenters. The van der Waals surface area contributed by atoms with Gasteiger partial charge in [0.25, 0.3) is 11.6 Å². The van der Waals surface area contributed by atoms with E-state index in [1.165, 1.54) is 36.8 Å². The van der Waals surface area contributed by atoms with Crippen LogP contribution >= 0.6 is 33.9 Å². The van der Waals surface area contributed by atoms with Gasteiger partial charge >= 0.3 is 5.97 Å². The van der Waals surface area contributed by atoms with E-state index < -0.39 is 16.8 Å². The minimum absolute atomic E-state index is 0.0384. The van der Waals surface area contributed by atoms with Crippen LogP contribution in [0.2, 0.25) is 0 Å². The first-order valence-electron chi connectivity index (χ1n) is 9.49. The Labute approximate surface area is 205 Å². The monoisotopic (exact) mass is 583 g/mol. The number of benzene rings is 2. The van der Waals surface area contributed by atoms with Crippen molar-refractivity contribution in [3.05, 3.63) is 60.5 Å². The van der Waals surface area contributed by atoms with E-state index in [1.54, 1.807) is 31.2 Å². The van der Waals surface area contributed by atoms with E-state index in [0.29, 0.717) is 30.9 Å². The Morgan fingerprint density at radius 2 is 2.06 bits per heavy atom. The lowest BCUT2D eigenvalue weighted by atomic mass is 10.2. The largest absolute Gasteiger partial charge is 0.493 e. The number of esters is 1. The van der Waals surface area contributed by atoms with E-state index in [9.17, 15) is 19.7 Å². The Kier molecular flexibility index (Phi) is 8.16. The van der Waals surface area contributed by atoms with Crippen LogP contribution in [0.3, 0.4) is 0 Å². The summed E-state index contributed by atoms with van der Waals surface area (Å²) in [6.45, 7) is 1.73. The molecule has 3 aromatic rings. The van der Waals surface area contributed by atoms with E-state index >= 15 is 0 Å². The molecule has 0 radical (unpaired) electrons. The first-order chi connectivity index (χ1) is 15.8. The maximum atomic E-state index is 12.4. The number of ether oxygens (including phenoxy) is 3. The molecular formula is C21H18IN3O7S. The minimum Gasteiger partial charge on any atom is -0.493 e. The summed E-state index contributed by atoms with van der Waals surface area (Å²) in [5.74, 6) is -0.137. The molecule has 2 aromatic carbocycles. The molecule has 172 valence electrons. The van der Waals surface area contributed by atoms with Gasteiger partial charge in [-0.25, -0.2) is 10.2 Å². The van der Waals surface area contributed by atoms with Crippen molar-refractivity contribution < 1.29 is 28.7 Å². The summed E-state index contributed by atoms with van der Waals surface area (Å²) in [6, 6.07) is 9.41. The molecular weight excluding hydrogens is 565 g/mol. The van der Waals surface area contributed by atoms with Crippen LogP contribution in [0.4, 0.5) is 5.69 Å². The van der Waals surface area contributed by atoms with Crippen LogP contribution in [-0.2, 0) is 9.53 Å². The highest BCUT2D eigenvalue weighted by Gasteiger charge is 2.15. The Morgan fingerprint density at radius 3 is 2.76 bits per heavy atom. The van der Waals surface area contributed by atoms with Crippen LogP contribution in [0.5, 0.6) is 11.5 Å². The number of nitro benzene ring substituents is 1. The molecule has 0 aliphatic heterocycles. The summed E-state index contributed by atoms with van der Waals surface area (Å²) in [5.41, 5.74) is 3.04. The normalized spacial score (nSPS) is 10.9. The Bertz CT molecular complexity index is 1240. The molecule has 0 saturated heterocycles. The number of halogens is 1. The number of hydrogen-bond acceptors (Lipinski definition) is 9. The summed E-state index contributed by atoms with van der Waals surface area (Å²) < 4.78 is 17.1. The molecule has 0 atom stereocenters. The number of hydrogen-bond donors (Lipinski definition) is 1. The zero-order chi connectivity index (χ0) is 24.0. The van der Waals surface area contributed by atoms with Crippen molar-refractivity contribution in [1.82, 2.24) is 5.43 Å². The van der Waals surface area contributed by atoms with Gasteiger partial charge in [0.15, 0.2) is 18.1 Å². The van der Waals surface area contributed by atoms with Gasteiger partial charge in [-0.15, -0.1) is 11.3 Å². The molecule has 33 heavy (non-hydrogen) atoms. The number of carbonyl (C=O) groups is 2. The van der Waals surface area contributed by atoms with Gasteiger partial charge in [-0.3, -0.25) is 14.9 Å². The third-order valence-corrected chi connectivity index (χ3v) is 6.12. The fraction of sp³-hybridized carbons (Fsp3) is 0.190. The Morgan fingerprint density at radius 1 is 1.27 bits per heavy atom. The van der Waals surface area contributed by atoms with Crippen molar-refractivity contribution in [3.63, 3.8) is 0 Å². The third-order valence-electron chi connectivity index (χ3n) is 4.21. The number of amides is 1. The van der Waals surface area contributed by atoms with Crippen LogP contribution in [0, 0.1) is 13.7 Å². The molecule has 0 aliphatic carbocycles. The third kappa shape index (κ3) is 6.16. The van der Waals surface area contributed by atoms with Gasteiger partial charge in [0.1, 0.15) is 0 Å². The zero-order valence-corrected chi connectivity index (χ0v) is 20.5. The summed E-state index contributed by atoms with van der Waals surface area (Å²) in [5, 5.41) is 15.5. The number of thiophene rings is 1. The first-order valence-corrected chi connectivity index (χ1v) is 11.4. The van der Waals surface area contributed by atoms with Crippen LogP contribution in [0.1, 0.15) is 22.2 Å². The molecule has 0 bridgehead atoms. The first kappa shape index (κ1) is 24.4. The fourth-order valence-electron chi connectivity index (χ4n) is 2.76. The van der Waals surface area contributed by atoms with Crippen molar-refractivity contribution in [3.8, 4) is 11.5 Å². The second-order valence-corrected chi connectivity index (χ2v) is 8.66. The predicted molar refractivity (Wildman–Crippen MR) is 131 cm³/mol. The molecule has 0 saturated carbocycles. The van der Waals surface area contributed by atoms with Crippen molar-refractivity contribution in [2.45, 2.75) is 6.92 Å². The number of fused-ring (bicyclic) bond motifs is 1. The van der Waals surface area contributed by atoms with Crippen molar-refractivity contribution in [2.24, 2.45) is 5.10 Å². The highest BCUT2D eigenvalue weighted by molar-refractivity contribution is 14.1. The van der Waals surface area contributed by atoms with Gasteiger partial charge in [-0.05, 0) is 59.3 Å². The lowest BCUT2D eigenvalue weighted by Crippen LogP contribution is -2.16. The number of hydrazone groups is 1. The average molecular weight is 583 g/mol. The second kappa shape index (κ2) is 11.0. The van der Waals surface area contributed by atoms with Crippen molar-refractivity contribution >= 4 is 67.8 Å². The van der Waals surface area contributed by atoms with Crippen LogP contribution in [0.15, 0.2) is 41.5 Å². The standard InChI is InChI=1S/C21H18IN3O7S/c1-3-31-19(26)11-32-20-15(22)6-12(7-16(20)30-2)10-23-24-21(27)18-9-13-8-14(25(28)29)4-5-17(13)33-18/h4-10H,3,11H2,1-2H3,(H,24,27)/b23-10-. The van der Waals surface area contributed by atoms with Crippen molar-refractivity contribution in [1.29, 1.82) is 0 Å². The number of non-ortho nitro benzene ring substituents is 1. The molecule has 12 heteroatoms. The maximum absolute atomic E-state index is 12.4. The molecule has 0 fully saturated rings. The maximum Gasteiger partial charge on any atom is 0.344 e. The molecule has 1 aromatic heterocycles. The van der Waals surface area contributed by atoms with Gasteiger partial charge in [-0.1, -0.05) is 0 Å². The minimum atomic E-state index is -0.487. The van der Waals surface area contributed by atoms with E-state index in [4.69, 9.17) is 14.2 Å². The number of nitrogens with zero attached hydrogens (tertiary/aromatic N) is 2. The SMILES string of the molecule is CCOC(=O)COc1c(I)cc(/C=N\NC(=O)c2cc3cc([N+](=O)[O-])ccc3s2)cc1OC. The zero-order valence-electron chi connectivity index (χ0n) is 17.5. The molecule has 1 heterocycles. The molecule has 3 rings (SSSR count). The summed E-state index contributed by atoms with van der Waals surface area (Å²) >= 11 is 3.25. The van der Waals surface area contributed by atoms with E-state index in [2.05, 4.69) is 10.5 Å². The highest BCUT2D eigenvalue weighted by Crippen LogP contribution is 2.33. The highest BCUT2D eigenvalue weighted by atomic mass is 127. The lowest BCUT2D eigenvalue weighted by molar-refractivity contribution is -0.384. The molecule has 1 amide bonds. The van der Waals surface area contributed by atoms with Crippen LogP contribution < -0.4 is 14.9 Å². The quantitative estimate of drug-likeness (QED) is 0.132. The number of nitro groups is 1. The summed E-state index contributed by atoms with van der Waals surface area (Å²) in [4.78, 5) is 34.8. The smallest absolute Gasteiger partial charge is 0.344 e. The summed E-state index contributed by atoms with van der Waals surface area (Å²) in [7, 11) is 1.47. The van der Waals surface area contributed by atoms with E-state index in [-0.39, 0.29) is 18.9 Å². The average Bonchev–Trinajstić information content (AvgIpc) is 3.21. The van der Waals surface area contributed by atoms with Gasteiger partial charge in [0, 0.05) is 22.2 Å². The van der Waals surface area contributed by atoms with Crippen LogP contribution in [-0.4, -0.2) is 43.3 Å². The molecule has 0 spiro atoms. The molecule has 10 nitrogen and oxygen atoms in total. The predicted octanol–water partition coefficient (Wildman–Crippen LogP) is 4.13. The van der Waals surface area contributed by atoms with Gasteiger partial charge in [0.05, 0.1) is 33.3 Å². The Hall–Kier alpha value is -3.26. The number of methoxy groups -OCH3 is 1. The van der Waals surface area contributed by atoms with E-state index in [1.807, 2.05) is 22.6 Å². The number of carbonyl (C=O) groups excluding carboxylic acids is 2. The molecule has 1 N–H and O–H groups in total. The topological polar surface area (TPSA) is 129 Å². The van der Waals surface area contributed by atoms with Crippen LogP contribution in [0.25, 0.3) is 10.1 Å². The van der Waals surface area contributed by atoms with Gasteiger partial charge < -0.3 is 14.2 Å². The Balaban J connectivity index is 1.69. The molecule has 0 aliphatic rings. The van der Waals surface area contributed by atoms with Gasteiger partial charge in [0.2, 0.25) is 0 Å². The number of rotatable bonds is 9. The second-order valence-electron chi connectivity index (χ2n) is 6.42. The van der Waals surface area contributed by atoms with Crippen molar-refractivity contribution in [2.75, 3.05) is 20.3 Å². The number of nitrogens with one attached hydrogen (secondary N) is 1. The van der Waals surface area contributed by atoms with Gasteiger partial charge in [-0.2, -0.15) is 5.10 Å². The fourth-order valence-corrected chi connectivity index (χ4v) is 4.48. The lowest BCUT2D eigenvalue weighted by Gasteiger charge is -2.13. The van der Waals surface area contributed by atoms with E-state index in [0.717, 1.165) is 4.70 Å².